The van der Waals surface area contributed by atoms with Gasteiger partial charge in [-0.25, -0.2) is 4.79 Å². The Balaban J connectivity index is 2.38. The van der Waals surface area contributed by atoms with Crippen LogP contribution in [0.2, 0.25) is 0 Å². The van der Waals surface area contributed by atoms with Crippen molar-refractivity contribution in [3.8, 4) is 11.5 Å². The van der Waals surface area contributed by atoms with Crippen LogP contribution in [0.5, 0.6) is 11.5 Å². The van der Waals surface area contributed by atoms with Crippen molar-refractivity contribution in [3.05, 3.63) is 22.3 Å². The van der Waals surface area contributed by atoms with Crippen LogP contribution in [0.1, 0.15) is 48.4 Å². The summed E-state index contributed by atoms with van der Waals surface area (Å²) in [4.78, 5) is 33.9. The molecule has 0 spiro atoms. The van der Waals surface area contributed by atoms with Gasteiger partial charge < -0.3 is 19.7 Å². The molecule has 2 N–H and O–H groups in total. The molecule has 1 atom stereocenters. The summed E-state index contributed by atoms with van der Waals surface area (Å²) >= 11 is 0. The Morgan fingerprint density at radius 2 is 1.72 bits per heavy atom. The third-order valence-electron chi connectivity index (χ3n) is 4.70. The molecule has 136 valence electrons. The Labute approximate surface area is 145 Å². The number of carbonyl (C=O) groups is 3. The van der Waals surface area contributed by atoms with E-state index in [1.807, 2.05) is 0 Å². The highest BCUT2D eigenvalue weighted by atomic mass is 16.5. The quantitative estimate of drug-likeness (QED) is 0.620. The third-order valence-corrected chi connectivity index (χ3v) is 4.70. The van der Waals surface area contributed by atoms with Gasteiger partial charge in [0.1, 0.15) is 11.5 Å². The van der Waals surface area contributed by atoms with Gasteiger partial charge in [0.25, 0.3) is 0 Å². The molecule has 0 aromatic heterocycles. The predicted octanol–water partition coefficient (Wildman–Crippen LogP) is 2.55. The minimum Gasteiger partial charge on any atom is -0.481 e. The summed E-state index contributed by atoms with van der Waals surface area (Å²) in [5, 5.41) is 18.0. The topological polar surface area (TPSA) is 110 Å². The molecule has 0 radical (unpaired) electrons. The molecule has 7 nitrogen and oxygen atoms in total. The van der Waals surface area contributed by atoms with Gasteiger partial charge in [0.15, 0.2) is 0 Å². The molecule has 0 saturated heterocycles. The second-order valence-corrected chi connectivity index (χ2v) is 6.52. The third kappa shape index (κ3) is 3.60. The van der Waals surface area contributed by atoms with Gasteiger partial charge in [-0.3, -0.25) is 9.59 Å². The van der Waals surface area contributed by atoms with E-state index >= 15 is 0 Å². The molecule has 1 aliphatic rings. The molecule has 0 fully saturated rings. The number of esters is 1. The molecule has 1 aliphatic heterocycles. The summed E-state index contributed by atoms with van der Waals surface area (Å²) in [6, 6.07) is 0. The van der Waals surface area contributed by atoms with Crippen LogP contribution < -0.4 is 9.47 Å². The smallest absolute Gasteiger partial charge is 0.347 e. The summed E-state index contributed by atoms with van der Waals surface area (Å²) in [7, 11) is 0. The van der Waals surface area contributed by atoms with Crippen molar-refractivity contribution in [1.29, 1.82) is 0 Å². The molecule has 1 aromatic carbocycles. The Hall–Kier alpha value is -2.57. The number of ether oxygens (including phenoxy) is 2. The number of hydrogen-bond donors (Lipinski definition) is 2. The summed E-state index contributed by atoms with van der Waals surface area (Å²) < 4.78 is 11.2. The molecule has 0 amide bonds. The van der Waals surface area contributed by atoms with E-state index in [1.54, 1.807) is 27.7 Å². The van der Waals surface area contributed by atoms with Gasteiger partial charge in [0.2, 0.25) is 5.60 Å². The Morgan fingerprint density at radius 3 is 2.28 bits per heavy atom. The van der Waals surface area contributed by atoms with Crippen molar-refractivity contribution in [3.63, 3.8) is 0 Å². The number of fused-ring (bicyclic) bond motifs is 1. The van der Waals surface area contributed by atoms with E-state index in [4.69, 9.17) is 14.6 Å². The molecule has 0 bridgehead atoms. The van der Waals surface area contributed by atoms with E-state index in [1.165, 1.54) is 0 Å². The van der Waals surface area contributed by atoms with Crippen molar-refractivity contribution in [1.82, 2.24) is 0 Å². The van der Waals surface area contributed by atoms with Crippen LogP contribution >= 0.6 is 0 Å². The summed E-state index contributed by atoms with van der Waals surface area (Å²) in [5.74, 6) is -1.77. The van der Waals surface area contributed by atoms with Gasteiger partial charge in [-0.1, -0.05) is 0 Å². The van der Waals surface area contributed by atoms with Crippen molar-refractivity contribution in [2.45, 2.75) is 59.0 Å². The molecule has 0 saturated carbocycles. The lowest BCUT2D eigenvalue weighted by molar-refractivity contribution is -0.155. The number of carbonyl (C=O) groups excluding carboxylic acids is 1. The maximum absolute atomic E-state index is 11.9. The van der Waals surface area contributed by atoms with E-state index < -0.39 is 23.5 Å². The fraction of sp³-hybridized carbons (Fsp3) is 0.500. The van der Waals surface area contributed by atoms with E-state index in [0.717, 1.165) is 5.56 Å². The molecule has 0 aliphatic carbocycles. The maximum Gasteiger partial charge on any atom is 0.347 e. The average molecular weight is 350 g/mol. The highest BCUT2D eigenvalue weighted by Crippen LogP contribution is 2.43. The lowest BCUT2D eigenvalue weighted by Gasteiger charge is -2.35. The molecular weight excluding hydrogens is 328 g/mol. The van der Waals surface area contributed by atoms with Gasteiger partial charge in [-0.05, 0) is 50.8 Å². The zero-order chi connectivity index (χ0) is 18.9. The van der Waals surface area contributed by atoms with Crippen LogP contribution in [0.4, 0.5) is 0 Å². The van der Waals surface area contributed by atoms with E-state index in [0.29, 0.717) is 41.0 Å². The first-order valence-electron chi connectivity index (χ1n) is 8.04. The normalized spacial score (nSPS) is 18.9. The van der Waals surface area contributed by atoms with Crippen molar-refractivity contribution >= 4 is 17.9 Å². The van der Waals surface area contributed by atoms with Gasteiger partial charge in [-0.2, -0.15) is 0 Å². The number of aliphatic carboxylic acids is 2. The van der Waals surface area contributed by atoms with Crippen LogP contribution in [-0.4, -0.2) is 33.7 Å². The van der Waals surface area contributed by atoms with Gasteiger partial charge >= 0.3 is 17.9 Å². The fourth-order valence-corrected chi connectivity index (χ4v) is 2.91. The predicted molar refractivity (Wildman–Crippen MR) is 88.1 cm³/mol. The average Bonchev–Trinajstić information content (AvgIpc) is 2.54. The van der Waals surface area contributed by atoms with Crippen molar-refractivity contribution in [2.24, 2.45) is 0 Å². The van der Waals surface area contributed by atoms with E-state index in [9.17, 15) is 19.5 Å². The first kappa shape index (κ1) is 18.8. The molecule has 7 heteroatoms. The zero-order valence-electron chi connectivity index (χ0n) is 14.8. The highest BCUT2D eigenvalue weighted by Gasteiger charge is 2.41. The van der Waals surface area contributed by atoms with Crippen LogP contribution in [0.25, 0.3) is 0 Å². The lowest BCUT2D eigenvalue weighted by atomic mass is 9.87. The second kappa shape index (κ2) is 6.74. The van der Waals surface area contributed by atoms with Crippen LogP contribution in [0.15, 0.2) is 0 Å². The number of carboxylic acid groups (broad SMARTS) is 2. The minimum atomic E-state index is -1.28. The van der Waals surface area contributed by atoms with E-state index in [2.05, 4.69) is 0 Å². The van der Waals surface area contributed by atoms with E-state index in [-0.39, 0.29) is 12.8 Å². The summed E-state index contributed by atoms with van der Waals surface area (Å²) in [5.41, 5.74) is 1.65. The number of hydrogen-bond acceptors (Lipinski definition) is 5. The lowest BCUT2D eigenvalue weighted by Crippen LogP contribution is -2.44. The molecule has 1 aromatic rings. The Bertz CT molecular complexity index is 751. The van der Waals surface area contributed by atoms with Crippen LogP contribution in [-0.2, 0) is 20.8 Å². The standard InChI is InChI=1S/C18H22O7/c1-9-10(2)16-12(7-8-18(4,25-16)17(22)23)11(3)15(9)24-14(21)6-5-13(19)20/h5-8H2,1-4H3,(H,19,20)(H,22,23). The highest BCUT2D eigenvalue weighted by molar-refractivity contribution is 5.80. The summed E-state index contributed by atoms with van der Waals surface area (Å²) in [6.45, 7) is 6.88. The van der Waals surface area contributed by atoms with Gasteiger partial charge in [-0.15, -0.1) is 0 Å². The monoisotopic (exact) mass is 350 g/mol. The first-order chi connectivity index (χ1) is 11.6. The molecule has 25 heavy (non-hydrogen) atoms. The Morgan fingerprint density at radius 1 is 1.08 bits per heavy atom. The molecule has 1 unspecified atom stereocenters. The maximum atomic E-state index is 11.9. The number of carboxylic acids is 2. The molecule has 1 heterocycles. The minimum absolute atomic E-state index is 0.210. The Kier molecular flexibility index (Phi) is 5.06. The largest absolute Gasteiger partial charge is 0.481 e. The SMILES string of the molecule is Cc1c(C)c2c(c(C)c1OC(=O)CCC(=O)O)CCC(C)(C(=O)O)O2. The van der Waals surface area contributed by atoms with Crippen LogP contribution in [0.3, 0.4) is 0 Å². The number of rotatable bonds is 5. The van der Waals surface area contributed by atoms with Gasteiger partial charge in [0.05, 0.1) is 12.8 Å². The fourth-order valence-electron chi connectivity index (χ4n) is 2.91. The zero-order valence-corrected chi connectivity index (χ0v) is 14.8. The van der Waals surface area contributed by atoms with Crippen molar-refractivity contribution < 1.29 is 34.1 Å². The molecular formula is C18H22O7. The second-order valence-electron chi connectivity index (χ2n) is 6.52. The van der Waals surface area contributed by atoms with Gasteiger partial charge in [0, 0.05) is 12.0 Å². The number of benzene rings is 1. The summed E-state index contributed by atoms with van der Waals surface area (Å²) in [6.07, 6.45) is 0.300. The van der Waals surface area contributed by atoms with Crippen LogP contribution in [0, 0.1) is 20.8 Å². The van der Waals surface area contributed by atoms with Crippen molar-refractivity contribution in [2.75, 3.05) is 0 Å². The first-order valence-corrected chi connectivity index (χ1v) is 8.04. The molecule has 2 rings (SSSR count).